The van der Waals surface area contributed by atoms with Crippen molar-refractivity contribution in [3.63, 3.8) is 0 Å². The predicted molar refractivity (Wildman–Crippen MR) is 100 cm³/mol. The van der Waals surface area contributed by atoms with E-state index >= 15 is 0 Å². The largest absolute Gasteiger partial charge is 0.396 e. The van der Waals surface area contributed by atoms with Gasteiger partial charge in [-0.2, -0.15) is 0 Å². The first-order valence-electron chi connectivity index (χ1n) is 8.29. The van der Waals surface area contributed by atoms with Gasteiger partial charge < -0.3 is 5.11 Å². The number of aliphatic hydroxyl groups is 1. The standard InChI is InChI=1S/C20H24O3S/c21-15-9-1-2-10-16-24(22,23)20(19-13-7-4-8-14-19)17-18-11-5-3-6-12-18/h3-8,11-14,17,21H,1-2,9-10,15-16H2. The van der Waals surface area contributed by atoms with Crippen LogP contribution in [0.5, 0.6) is 0 Å². The number of rotatable bonds is 9. The number of benzene rings is 2. The molecule has 4 heteroatoms. The third-order valence-corrected chi connectivity index (χ3v) is 5.66. The van der Waals surface area contributed by atoms with Gasteiger partial charge in [-0.15, -0.1) is 0 Å². The SMILES string of the molecule is O=S(=O)(CCCCCCO)C(=Cc1ccccc1)c1ccccc1. The Morgan fingerprint density at radius 3 is 2.04 bits per heavy atom. The van der Waals surface area contributed by atoms with Gasteiger partial charge in [-0.05, 0) is 30.0 Å². The second kappa shape index (κ2) is 9.40. The first-order chi connectivity index (χ1) is 11.6. The number of sulfone groups is 1. The number of hydrogen-bond donors (Lipinski definition) is 1. The van der Waals surface area contributed by atoms with Gasteiger partial charge in [0.1, 0.15) is 0 Å². The van der Waals surface area contributed by atoms with Crippen molar-refractivity contribution in [2.45, 2.75) is 25.7 Å². The summed E-state index contributed by atoms with van der Waals surface area (Å²) in [6, 6.07) is 18.8. The zero-order valence-electron chi connectivity index (χ0n) is 13.8. The Hall–Kier alpha value is -1.91. The molecule has 0 aromatic heterocycles. The molecule has 0 radical (unpaired) electrons. The monoisotopic (exact) mass is 344 g/mol. The van der Waals surface area contributed by atoms with E-state index in [1.54, 1.807) is 6.08 Å². The highest BCUT2D eigenvalue weighted by Crippen LogP contribution is 2.25. The molecule has 0 heterocycles. The van der Waals surface area contributed by atoms with E-state index in [1.807, 2.05) is 60.7 Å². The maximum Gasteiger partial charge on any atom is 0.178 e. The summed E-state index contributed by atoms with van der Waals surface area (Å²) in [6.07, 6.45) is 4.76. The van der Waals surface area contributed by atoms with Crippen LogP contribution in [-0.4, -0.2) is 25.9 Å². The Labute approximate surface area is 144 Å². The van der Waals surface area contributed by atoms with E-state index in [2.05, 4.69) is 0 Å². The van der Waals surface area contributed by atoms with Gasteiger partial charge in [0.15, 0.2) is 9.84 Å². The van der Waals surface area contributed by atoms with Crippen molar-refractivity contribution >= 4 is 20.8 Å². The zero-order chi connectivity index (χ0) is 17.3. The smallest absolute Gasteiger partial charge is 0.178 e. The Morgan fingerprint density at radius 2 is 1.42 bits per heavy atom. The van der Waals surface area contributed by atoms with Crippen LogP contribution >= 0.6 is 0 Å². The first kappa shape index (κ1) is 18.4. The van der Waals surface area contributed by atoms with Gasteiger partial charge >= 0.3 is 0 Å². The molecule has 0 spiro atoms. The van der Waals surface area contributed by atoms with Crippen LogP contribution in [0.15, 0.2) is 60.7 Å². The zero-order valence-corrected chi connectivity index (χ0v) is 14.6. The fraction of sp³-hybridized carbons (Fsp3) is 0.300. The molecule has 0 atom stereocenters. The predicted octanol–water partition coefficient (Wildman–Crippen LogP) is 4.15. The number of aliphatic hydroxyl groups excluding tert-OH is 1. The molecule has 0 fully saturated rings. The minimum Gasteiger partial charge on any atom is -0.396 e. The quantitative estimate of drug-likeness (QED) is 0.549. The van der Waals surface area contributed by atoms with Gasteiger partial charge in [0, 0.05) is 6.61 Å². The minimum atomic E-state index is -3.36. The van der Waals surface area contributed by atoms with Crippen molar-refractivity contribution in [3.8, 4) is 0 Å². The second-order valence-electron chi connectivity index (χ2n) is 5.74. The van der Waals surface area contributed by atoms with Crippen LogP contribution in [0.3, 0.4) is 0 Å². The highest BCUT2D eigenvalue weighted by atomic mass is 32.2. The molecule has 2 aromatic rings. The Balaban J connectivity index is 2.24. The minimum absolute atomic E-state index is 0.131. The lowest BCUT2D eigenvalue weighted by Gasteiger charge is -2.10. The summed E-state index contributed by atoms with van der Waals surface area (Å²) in [5.41, 5.74) is 1.59. The molecule has 0 aliphatic heterocycles. The van der Waals surface area contributed by atoms with Gasteiger partial charge in [-0.3, -0.25) is 0 Å². The average Bonchev–Trinajstić information content (AvgIpc) is 2.61. The van der Waals surface area contributed by atoms with Crippen LogP contribution in [0.1, 0.15) is 36.8 Å². The summed E-state index contributed by atoms with van der Waals surface area (Å²) in [4.78, 5) is 0.372. The van der Waals surface area contributed by atoms with E-state index in [9.17, 15) is 8.42 Å². The summed E-state index contributed by atoms with van der Waals surface area (Å²) >= 11 is 0. The van der Waals surface area contributed by atoms with Gasteiger partial charge in [0.25, 0.3) is 0 Å². The third-order valence-electron chi connectivity index (χ3n) is 3.81. The van der Waals surface area contributed by atoms with Crippen molar-refractivity contribution in [2.24, 2.45) is 0 Å². The molecule has 1 N–H and O–H groups in total. The van der Waals surface area contributed by atoms with Crippen molar-refractivity contribution in [1.82, 2.24) is 0 Å². The van der Waals surface area contributed by atoms with Crippen LogP contribution in [0.2, 0.25) is 0 Å². The Kier molecular flexibility index (Phi) is 7.22. The summed E-state index contributed by atoms with van der Waals surface area (Å²) in [7, 11) is -3.36. The maximum absolute atomic E-state index is 12.9. The molecule has 3 nitrogen and oxygen atoms in total. The molecule has 2 aromatic carbocycles. The molecule has 0 aliphatic carbocycles. The lowest BCUT2D eigenvalue weighted by molar-refractivity contribution is 0.283. The molecule has 2 rings (SSSR count). The molecule has 0 bridgehead atoms. The molecular formula is C20H24O3S. The van der Waals surface area contributed by atoms with E-state index in [4.69, 9.17) is 5.11 Å². The normalized spacial score (nSPS) is 12.3. The highest BCUT2D eigenvalue weighted by molar-refractivity contribution is 8.00. The summed E-state index contributed by atoms with van der Waals surface area (Å²) in [5.74, 6) is 0.131. The fourth-order valence-electron chi connectivity index (χ4n) is 2.52. The van der Waals surface area contributed by atoms with Crippen molar-refractivity contribution in [2.75, 3.05) is 12.4 Å². The number of hydrogen-bond acceptors (Lipinski definition) is 3. The van der Waals surface area contributed by atoms with Gasteiger partial charge in [-0.1, -0.05) is 73.5 Å². The molecule has 0 saturated heterocycles. The van der Waals surface area contributed by atoms with Crippen LogP contribution in [0.4, 0.5) is 0 Å². The maximum atomic E-state index is 12.9. The summed E-state index contributed by atoms with van der Waals surface area (Å²) < 4.78 is 25.7. The molecule has 128 valence electrons. The van der Waals surface area contributed by atoms with Crippen LogP contribution < -0.4 is 0 Å². The Morgan fingerprint density at radius 1 is 0.833 bits per heavy atom. The van der Waals surface area contributed by atoms with E-state index in [-0.39, 0.29) is 12.4 Å². The van der Waals surface area contributed by atoms with Gasteiger partial charge in [-0.25, -0.2) is 8.42 Å². The molecule has 0 unspecified atom stereocenters. The van der Waals surface area contributed by atoms with Crippen LogP contribution in [0.25, 0.3) is 11.0 Å². The molecule has 0 amide bonds. The summed E-state index contributed by atoms with van der Waals surface area (Å²) in [5, 5.41) is 8.80. The van der Waals surface area contributed by atoms with Crippen LogP contribution in [-0.2, 0) is 9.84 Å². The fourth-order valence-corrected chi connectivity index (χ4v) is 4.14. The molecule has 0 saturated carbocycles. The van der Waals surface area contributed by atoms with Crippen molar-refractivity contribution in [3.05, 3.63) is 71.8 Å². The van der Waals surface area contributed by atoms with E-state index in [0.717, 1.165) is 30.4 Å². The van der Waals surface area contributed by atoms with E-state index < -0.39 is 9.84 Å². The molecular weight excluding hydrogens is 320 g/mol. The lowest BCUT2D eigenvalue weighted by atomic mass is 10.1. The molecule has 0 aliphatic rings. The van der Waals surface area contributed by atoms with Gasteiger partial charge in [0.2, 0.25) is 0 Å². The van der Waals surface area contributed by atoms with Crippen LogP contribution in [0, 0.1) is 0 Å². The van der Waals surface area contributed by atoms with Crippen molar-refractivity contribution < 1.29 is 13.5 Å². The average molecular weight is 344 g/mol. The first-order valence-corrected chi connectivity index (χ1v) is 9.94. The third kappa shape index (κ3) is 5.62. The topological polar surface area (TPSA) is 54.4 Å². The van der Waals surface area contributed by atoms with Gasteiger partial charge in [0.05, 0.1) is 10.7 Å². The lowest BCUT2D eigenvalue weighted by Crippen LogP contribution is -2.09. The van der Waals surface area contributed by atoms with E-state index in [1.165, 1.54) is 0 Å². The highest BCUT2D eigenvalue weighted by Gasteiger charge is 2.19. The van der Waals surface area contributed by atoms with Crippen molar-refractivity contribution in [1.29, 1.82) is 0 Å². The molecule has 24 heavy (non-hydrogen) atoms. The Bertz CT molecular complexity index is 735. The number of unbranched alkanes of at least 4 members (excludes halogenated alkanes) is 3. The van der Waals surface area contributed by atoms with E-state index in [0.29, 0.717) is 11.3 Å². The second-order valence-corrected chi connectivity index (χ2v) is 7.82. The summed E-state index contributed by atoms with van der Waals surface area (Å²) in [6.45, 7) is 0.163.